The minimum absolute atomic E-state index is 0.196. The zero-order valence-electron chi connectivity index (χ0n) is 12.1. The van der Waals surface area contributed by atoms with E-state index in [4.69, 9.17) is 5.73 Å². The third-order valence-corrected chi connectivity index (χ3v) is 4.17. The molecule has 4 heteroatoms. The minimum atomic E-state index is 0.196. The van der Waals surface area contributed by atoms with E-state index in [1.807, 2.05) is 44.2 Å². The Bertz CT molecular complexity index is 788. The van der Waals surface area contributed by atoms with E-state index in [-0.39, 0.29) is 6.04 Å². The molecule has 0 aliphatic carbocycles. The average Bonchev–Trinajstić information content (AvgIpc) is 2.90. The standard InChI is InChI=1S/C17H17N3S/c1-11(2)19-16(18)13-8-9-14-15(10-13)21-17(20-14)12-6-4-3-5-7-12/h3-11H,1-2H3,(H2,18,19). The summed E-state index contributed by atoms with van der Waals surface area (Å²) in [5.74, 6) is 0.585. The largest absolute Gasteiger partial charge is 0.383 e. The maximum atomic E-state index is 6.04. The lowest BCUT2D eigenvalue weighted by molar-refractivity contribution is 0.834. The van der Waals surface area contributed by atoms with Crippen LogP contribution >= 0.6 is 11.3 Å². The van der Waals surface area contributed by atoms with Crippen LogP contribution in [0.4, 0.5) is 0 Å². The van der Waals surface area contributed by atoms with E-state index in [1.54, 1.807) is 11.3 Å². The molecule has 3 aromatic rings. The lowest BCUT2D eigenvalue weighted by Crippen LogP contribution is -2.15. The first-order chi connectivity index (χ1) is 10.1. The van der Waals surface area contributed by atoms with Gasteiger partial charge in [-0.05, 0) is 32.0 Å². The number of hydrogen-bond donors (Lipinski definition) is 1. The molecule has 0 unspecified atom stereocenters. The summed E-state index contributed by atoms with van der Waals surface area (Å²) in [4.78, 5) is 9.08. The van der Waals surface area contributed by atoms with Gasteiger partial charge in [-0.2, -0.15) is 0 Å². The van der Waals surface area contributed by atoms with Crippen molar-refractivity contribution in [2.24, 2.45) is 10.7 Å². The Kier molecular flexibility index (Phi) is 3.71. The van der Waals surface area contributed by atoms with Crippen molar-refractivity contribution in [2.45, 2.75) is 19.9 Å². The molecule has 1 aromatic heterocycles. The predicted octanol–water partition coefficient (Wildman–Crippen LogP) is 4.08. The molecule has 0 radical (unpaired) electrons. The van der Waals surface area contributed by atoms with E-state index in [1.165, 1.54) is 0 Å². The van der Waals surface area contributed by atoms with Crippen LogP contribution in [-0.4, -0.2) is 16.9 Å². The molecule has 0 amide bonds. The van der Waals surface area contributed by atoms with Gasteiger partial charge in [0.2, 0.25) is 0 Å². The SMILES string of the molecule is CC(C)N=C(N)c1ccc2nc(-c3ccccc3)sc2c1. The maximum absolute atomic E-state index is 6.04. The van der Waals surface area contributed by atoms with Gasteiger partial charge in [0, 0.05) is 17.2 Å². The Morgan fingerprint density at radius 1 is 1.14 bits per heavy atom. The summed E-state index contributed by atoms with van der Waals surface area (Å²) < 4.78 is 1.13. The summed E-state index contributed by atoms with van der Waals surface area (Å²) in [5, 5.41) is 1.03. The number of aromatic nitrogens is 1. The number of thiazole rings is 1. The molecule has 0 aliphatic heterocycles. The van der Waals surface area contributed by atoms with Gasteiger partial charge in [-0.1, -0.05) is 30.3 Å². The predicted molar refractivity (Wildman–Crippen MR) is 90.9 cm³/mol. The van der Waals surface area contributed by atoms with Crippen LogP contribution in [0.25, 0.3) is 20.8 Å². The number of aliphatic imine (C=N–C) groups is 1. The van der Waals surface area contributed by atoms with E-state index in [0.29, 0.717) is 5.84 Å². The van der Waals surface area contributed by atoms with E-state index in [9.17, 15) is 0 Å². The third-order valence-electron chi connectivity index (χ3n) is 3.10. The Morgan fingerprint density at radius 2 is 1.90 bits per heavy atom. The molecule has 106 valence electrons. The summed E-state index contributed by atoms with van der Waals surface area (Å²) in [5.41, 5.74) is 9.14. The highest BCUT2D eigenvalue weighted by molar-refractivity contribution is 7.21. The summed E-state index contributed by atoms with van der Waals surface area (Å²) in [6.45, 7) is 4.04. The lowest BCUT2D eigenvalue weighted by atomic mass is 10.2. The second-order valence-corrected chi connectivity index (χ2v) is 6.21. The van der Waals surface area contributed by atoms with Crippen molar-refractivity contribution in [2.75, 3.05) is 0 Å². The van der Waals surface area contributed by atoms with E-state index in [0.717, 1.165) is 26.4 Å². The topological polar surface area (TPSA) is 51.3 Å². The fourth-order valence-electron chi connectivity index (χ4n) is 2.14. The van der Waals surface area contributed by atoms with Crippen molar-refractivity contribution >= 4 is 27.4 Å². The van der Waals surface area contributed by atoms with Gasteiger partial charge in [0.1, 0.15) is 10.8 Å². The summed E-state index contributed by atoms with van der Waals surface area (Å²) in [6, 6.07) is 16.5. The van der Waals surface area contributed by atoms with Crippen LogP contribution < -0.4 is 5.73 Å². The molecule has 3 rings (SSSR count). The molecule has 0 aliphatic rings. The molecule has 2 aromatic carbocycles. The van der Waals surface area contributed by atoms with Crippen molar-refractivity contribution in [1.82, 2.24) is 4.98 Å². The van der Waals surface area contributed by atoms with Gasteiger partial charge in [0.15, 0.2) is 0 Å². The van der Waals surface area contributed by atoms with Crippen LogP contribution in [0, 0.1) is 0 Å². The zero-order chi connectivity index (χ0) is 14.8. The van der Waals surface area contributed by atoms with Crippen LogP contribution in [0.15, 0.2) is 53.5 Å². The average molecular weight is 295 g/mol. The molecule has 0 saturated carbocycles. The van der Waals surface area contributed by atoms with E-state index < -0.39 is 0 Å². The molecule has 3 nitrogen and oxygen atoms in total. The molecule has 1 heterocycles. The molecule has 0 spiro atoms. The second kappa shape index (κ2) is 5.66. The van der Waals surface area contributed by atoms with Crippen molar-refractivity contribution in [3.05, 3.63) is 54.1 Å². The molecular formula is C17H17N3S. The van der Waals surface area contributed by atoms with Crippen LogP contribution in [0.1, 0.15) is 19.4 Å². The van der Waals surface area contributed by atoms with E-state index in [2.05, 4.69) is 28.2 Å². The summed E-state index contributed by atoms with van der Waals surface area (Å²) in [6.07, 6.45) is 0. The molecule has 0 bridgehead atoms. The van der Waals surface area contributed by atoms with Gasteiger partial charge >= 0.3 is 0 Å². The number of amidine groups is 1. The number of nitrogens with two attached hydrogens (primary N) is 1. The normalized spacial score (nSPS) is 12.2. The summed E-state index contributed by atoms with van der Waals surface area (Å²) in [7, 11) is 0. The van der Waals surface area contributed by atoms with Crippen molar-refractivity contribution in [3.8, 4) is 10.6 Å². The first-order valence-corrected chi connectivity index (χ1v) is 7.75. The fraction of sp³-hybridized carbons (Fsp3) is 0.176. The fourth-order valence-corrected chi connectivity index (χ4v) is 3.15. The van der Waals surface area contributed by atoms with Crippen LogP contribution in [0.3, 0.4) is 0 Å². The van der Waals surface area contributed by atoms with Crippen LogP contribution in [0.2, 0.25) is 0 Å². The Balaban J connectivity index is 2.03. The Labute approximate surface area is 128 Å². The lowest BCUT2D eigenvalue weighted by Gasteiger charge is -2.02. The molecule has 0 saturated heterocycles. The number of fused-ring (bicyclic) bond motifs is 1. The zero-order valence-corrected chi connectivity index (χ0v) is 12.9. The van der Waals surface area contributed by atoms with Crippen molar-refractivity contribution < 1.29 is 0 Å². The number of rotatable bonds is 3. The summed E-state index contributed by atoms with van der Waals surface area (Å²) >= 11 is 1.68. The number of hydrogen-bond acceptors (Lipinski definition) is 3. The minimum Gasteiger partial charge on any atom is -0.383 e. The Hall–Kier alpha value is -2.20. The smallest absolute Gasteiger partial charge is 0.125 e. The highest BCUT2D eigenvalue weighted by Gasteiger charge is 2.08. The molecule has 0 atom stereocenters. The molecular weight excluding hydrogens is 278 g/mol. The molecule has 0 fully saturated rings. The first-order valence-electron chi connectivity index (χ1n) is 6.93. The second-order valence-electron chi connectivity index (χ2n) is 5.18. The first kappa shape index (κ1) is 13.8. The number of nitrogens with zero attached hydrogens (tertiary/aromatic N) is 2. The monoisotopic (exact) mass is 295 g/mol. The van der Waals surface area contributed by atoms with Gasteiger partial charge in [0.25, 0.3) is 0 Å². The van der Waals surface area contributed by atoms with Gasteiger partial charge in [-0.15, -0.1) is 11.3 Å². The van der Waals surface area contributed by atoms with Crippen LogP contribution in [-0.2, 0) is 0 Å². The third kappa shape index (κ3) is 2.95. The molecule has 21 heavy (non-hydrogen) atoms. The van der Waals surface area contributed by atoms with Gasteiger partial charge in [0.05, 0.1) is 10.2 Å². The molecule has 2 N–H and O–H groups in total. The highest BCUT2D eigenvalue weighted by atomic mass is 32.1. The quantitative estimate of drug-likeness (QED) is 0.585. The van der Waals surface area contributed by atoms with Crippen LogP contribution in [0.5, 0.6) is 0 Å². The van der Waals surface area contributed by atoms with E-state index >= 15 is 0 Å². The Morgan fingerprint density at radius 3 is 2.62 bits per heavy atom. The van der Waals surface area contributed by atoms with Gasteiger partial charge in [-0.25, -0.2) is 4.98 Å². The van der Waals surface area contributed by atoms with Crippen molar-refractivity contribution in [1.29, 1.82) is 0 Å². The highest BCUT2D eigenvalue weighted by Crippen LogP contribution is 2.30. The van der Waals surface area contributed by atoms with Gasteiger partial charge < -0.3 is 5.73 Å². The number of benzene rings is 2. The van der Waals surface area contributed by atoms with Crippen molar-refractivity contribution in [3.63, 3.8) is 0 Å². The van der Waals surface area contributed by atoms with Gasteiger partial charge in [-0.3, -0.25) is 4.99 Å². The maximum Gasteiger partial charge on any atom is 0.125 e.